The Kier molecular flexibility index (Phi) is 5.01. The maximum atomic E-state index is 4.21. The highest BCUT2D eigenvalue weighted by Gasteiger charge is 2.27. The van der Waals surface area contributed by atoms with Crippen molar-refractivity contribution in [2.75, 3.05) is 13.1 Å². The van der Waals surface area contributed by atoms with Gasteiger partial charge in [-0.2, -0.15) is 0 Å². The van der Waals surface area contributed by atoms with Crippen LogP contribution in [0.4, 0.5) is 0 Å². The Balaban J connectivity index is 1.70. The van der Waals surface area contributed by atoms with Gasteiger partial charge in [0.05, 0.1) is 5.51 Å². The first kappa shape index (κ1) is 14.7. The number of nitrogens with one attached hydrogen (secondary N) is 1. The minimum absolute atomic E-state index is 0.567. The summed E-state index contributed by atoms with van der Waals surface area (Å²) in [6.45, 7) is 5.50. The summed E-state index contributed by atoms with van der Waals surface area (Å²) in [5, 5.41) is 3.69. The van der Waals surface area contributed by atoms with Crippen LogP contribution in [-0.4, -0.2) is 35.1 Å². The van der Waals surface area contributed by atoms with Gasteiger partial charge in [-0.05, 0) is 18.4 Å². The lowest BCUT2D eigenvalue weighted by Gasteiger charge is -2.40. The molecule has 1 saturated heterocycles. The quantitative estimate of drug-likeness (QED) is 0.920. The van der Waals surface area contributed by atoms with Gasteiger partial charge in [-0.1, -0.05) is 37.3 Å². The summed E-state index contributed by atoms with van der Waals surface area (Å²) in [5.74, 6) is 0. The number of rotatable bonds is 5. The zero-order chi connectivity index (χ0) is 14.5. The molecule has 0 amide bonds. The fraction of sp³-hybridized carbons (Fsp3) is 0.471. The number of hydrogen-bond acceptors (Lipinski definition) is 4. The van der Waals surface area contributed by atoms with Crippen molar-refractivity contribution in [2.24, 2.45) is 0 Å². The summed E-state index contributed by atoms with van der Waals surface area (Å²) in [6.07, 6.45) is 4.31. The van der Waals surface area contributed by atoms with Gasteiger partial charge in [-0.15, -0.1) is 11.3 Å². The van der Waals surface area contributed by atoms with Gasteiger partial charge < -0.3 is 5.32 Å². The molecule has 1 N–H and O–H groups in total. The topological polar surface area (TPSA) is 28.2 Å². The Bertz CT molecular complexity index is 526. The van der Waals surface area contributed by atoms with Crippen molar-refractivity contribution in [1.29, 1.82) is 0 Å². The van der Waals surface area contributed by atoms with Crippen LogP contribution < -0.4 is 5.32 Å². The minimum Gasteiger partial charge on any atom is -0.311 e. The first-order valence-corrected chi connectivity index (χ1v) is 8.62. The molecule has 0 bridgehead atoms. The van der Waals surface area contributed by atoms with E-state index in [4.69, 9.17) is 0 Å². The lowest BCUT2D eigenvalue weighted by Crippen LogP contribution is -2.56. The van der Waals surface area contributed by atoms with E-state index in [2.05, 4.69) is 52.5 Å². The Morgan fingerprint density at radius 3 is 2.90 bits per heavy atom. The van der Waals surface area contributed by atoms with Gasteiger partial charge >= 0.3 is 0 Å². The van der Waals surface area contributed by atoms with Crippen molar-refractivity contribution in [2.45, 2.75) is 38.4 Å². The molecule has 21 heavy (non-hydrogen) atoms. The van der Waals surface area contributed by atoms with Gasteiger partial charge in [0.25, 0.3) is 0 Å². The van der Waals surface area contributed by atoms with Gasteiger partial charge in [0.1, 0.15) is 0 Å². The summed E-state index contributed by atoms with van der Waals surface area (Å²) in [5.41, 5.74) is 3.36. The van der Waals surface area contributed by atoms with E-state index in [1.165, 1.54) is 16.9 Å². The molecule has 112 valence electrons. The third-order valence-electron chi connectivity index (χ3n) is 4.26. The van der Waals surface area contributed by atoms with Gasteiger partial charge in [-0.25, -0.2) is 0 Å². The highest BCUT2D eigenvalue weighted by molar-refractivity contribution is 7.09. The molecule has 1 aliphatic heterocycles. The Hall–Kier alpha value is -1.23. The molecule has 1 aliphatic rings. The van der Waals surface area contributed by atoms with Gasteiger partial charge in [0.15, 0.2) is 0 Å². The summed E-state index contributed by atoms with van der Waals surface area (Å²) >= 11 is 1.76. The summed E-state index contributed by atoms with van der Waals surface area (Å²) in [7, 11) is 0. The van der Waals surface area contributed by atoms with E-state index in [0.717, 1.165) is 26.1 Å². The summed E-state index contributed by atoms with van der Waals surface area (Å²) in [4.78, 5) is 8.21. The largest absolute Gasteiger partial charge is 0.311 e. The van der Waals surface area contributed by atoms with Crippen LogP contribution in [0.5, 0.6) is 0 Å². The van der Waals surface area contributed by atoms with Crippen LogP contribution >= 0.6 is 11.3 Å². The third-order valence-corrected chi connectivity index (χ3v) is 5.03. The number of piperazine rings is 1. The second-order valence-corrected chi connectivity index (χ2v) is 6.73. The fourth-order valence-corrected chi connectivity index (χ4v) is 3.62. The minimum atomic E-state index is 0.567. The van der Waals surface area contributed by atoms with Crippen molar-refractivity contribution in [3.63, 3.8) is 0 Å². The second-order valence-electron chi connectivity index (χ2n) is 5.75. The SMILES string of the molecule is CCC1CN(Cc2cncs2)C(Cc2ccccc2)CN1. The lowest BCUT2D eigenvalue weighted by molar-refractivity contribution is 0.121. The van der Waals surface area contributed by atoms with Crippen LogP contribution in [0.25, 0.3) is 0 Å². The zero-order valence-corrected chi connectivity index (χ0v) is 13.4. The zero-order valence-electron chi connectivity index (χ0n) is 12.5. The number of thiazole rings is 1. The molecule has 0 aliphatic carbocycles. The molecule has 2 unspecified atom stereocenters. The molecule has 3 rings (SSSR count). The highest BCUT2D eigenvalue weighted by Crippen LogP contribution is 2.19. The van der Waals surface area contributed by atoms with E-state index in [1.807, 2.05) is 11.7 Å². The van der Waals surface area contributed by atoms with Crippen molar-refractivity contribution in [1.82, 2.24) is 15.2 Å². The standard InChI is InChI=1S/C17H23N3S/c1-2-15-11-20(12-17-10-18-13-21-17)16(9-19-15)8-14-6-4-3-5-7-14/h3-7,10,13,15-16,19H,2,8-9,11-12H2,1H3. The number of nitrogens with zero attached hydrogens (tertiary/aromatic N) is 2. The lowest BCUT2D eigenvalue weighted by atomic mass is 10.00. The molecule has 4 heteroatoms. The molecular formula is C17H23N3S. The Labute approximate surface area is 131 Å². The van der Waals surface area contributed by atoms with Crippen molar-refractivity contribution >= 4 is 11.3 Å². The molecule has 1 aromatic carbocycles. The van der Waals surface area contributed by atoms with Crippen molar-refractivity contribution in [3.05, 3.63) is 52.5 Å². The second kappa shape index (κ2) is 7.16. The van der Waals surface area contributed by atoms with Crippen LogP contribution in [0, 0.1) is 0 Å². The molecule has 2 aromatic rings. The number of aromatic nitrogens is 1. The van der Waals surface area contributed by atoms with E-state index >= 15 is 0 Å². The molecule has 3 nitrogen and oxygen atoms in total. The predicted molar refractivity (Wildman–Crippen MR) is 88.5 cm³/mol. The van der Waals surface area contributed by atoms with E-state index in [1.54, 1.807) is 11.3 Å². The maximum absolute atomic E-state index is 4.21. The predicted octanol–water partition coefficient (Wildman–Crippen LogP) is 2.94. The number of hydrogen-bond donors (Lipinski definition) is 1. The monoisotopic (exact) mass is 301 g/mol. The van der Waals surface area contributed by atoms with Gasteiger partial charge in [-0.3, -0.25) is 9.88 Å². The molecule has 2 atom stereocenters. The first-order valence-electron chi connectivity index (χ1n) is 7.74. The fourth-order valence-electron chi connectivity index (χ4n) is 3.00. The third kappa shape index (κ3) is 3.90. The number of benzene rings is 1. The van der Waals surface area contributed by atoms with Crippen molar-refractivity contribution in [3.8, 4) is 0 Å². The van der Waals surface area contributed by atoms with E-state index in [9.17, 15) is 0 Å². The summed E-state index contributed by atoms with van der Waals surface area (Å²) in [6, 6.07) is 12.0. The molecule has 0 saturated carbocycles. The van der Waals surface area contributed by atoms with E-state index in [-0.39, 0.29) is 0 Å². The van der Waals surface area contributed by atoms with Crippen LogP contribution in [0.1, 0.15) is 23.8 Å². The molecule has 2 heterocycles. The molecular weight excluding hydrogens is 278 g/mol. The average Bonchev–Trinajstić information content (AvgIpc) is 3.03. The average molecular weight is 301 g/mol. The Morgan fingerprint density at radius 1 is 1.33 bits per heavy atom. The van der Waals surface area contributed by atoms with Crippen molar-refractivity contribution < 1.29 is 0 Å². The first-order chi connectivity index (χ1) is 10.3. The van der Waals surface area contributed by atoms with Crippen LogP contribution in [-0.2, 0) is 13.0 Å². The summed E-state index contributed by atoms with van der Waals surface area (Å²) < 4.78 is 0. The van der Waals surface area contributed by atoms with E-state index in [0.29, 0.717) is 12.1 Å². The van der Waals surface area contributed by atoms with E-state index < -0.39 is 0 Å². The van der Waals surface area contributed by atoms with Gasteiger partial charge in [0.2, 0.25) is 0 Å². The molecule has 0 radical (unpaired) electrons. The van der Waals surface area contributed by atoms with Gasteiger partial charge in [0, 0.05) is 42.8 Å². The molecule has 0 spiro atoms. The maximum Gasteiger partial charge on any atom is 0.0794 e. The molecule has 1 aromatic heterocycles. The van der Waals surface area contributed by atoms with Crippen LogP contribution in [0.3, 0.4) is 0 Å². The molecule has 1 fully saturated rings. The highest BCUT2D eigenvalue weighted by atomic mass is 32.1. The van der Waals surface area contributed by atoms with Crippen LogP contribution in [0.2, 0.25) is 0 Å². The van der Waals surface area contributed by atoms with Crippen LogP contribution in [0.15, 0.2) is 42.0 Å². The Morgan fingerprint density at radius 2 is 2.19 bits per heavy atom. The smallest absolute Gasteiger partial charge is 0.0794 e. The normalized spacial score (nSPS) is 23.3.